The average molecular weight is 368 g/mol. The van der Waals surface area contributed by atoms with Crippen molar-refractivity contribution in [2.75, 3.05) is 6.61 Å². The average Bonchev–Trinajstić information content (AvgIpc) is 2.31. The predicted octanol–water partition coefficient (Wildman–Crippen LogP) is 3.77. The van der Waals surface area contributed by atoms with Crippen LogP contribution in [-0.2, 0) is 6.15 Å². The molecule has 1 rings (SSSR count). The zero-order chi connectivity index (χ0) is 13.9. The zero-order valence-electron chi connectivity index (χ0n) is 10.2. The van der Waals surface area contributed by atoms with Gasteiger partial charge in [-0.15, -0.1) is 0 Å². The second-order valence-electron chi connectivity index (χ2n) is 3.35. The largest absolute Gasteiger partial charge is 0.0622 e. The van der Waals surface area contributed by atoms with Crippen LogP contribution in [0.1, 0.15) is 19.8 Å². The molecule has 0 aliphatic heterocycles. The summed E-state index contributed by atoms with van der Waals surface area (Å²) < 4.78 is 50.4. The van der Waals surface area contributed by atoms with Crippen LogP contribution in [0, 0.1) is 6.07 Å². The molecule has 0 saturated heterocycles. The Bertz CT molecular complexity index is 288. The van der Waals surface area contributed by atoms with Crippen molar-refractivity contribution in [2.45, 2.75) is 30.4 Å². The van der Waals surface area contributed by atoms with E-state index in [2.05, 4.69) is 6.07 Å². The van der Waals surface area contributed by atoms with Gasteiger partial charge in [-0.05, 0) is 6.07 Å². The molecule has 0 saturated carbocycles. The summed E-state index contributed by atoms with van der Waals surface area (Å²) in [5.41, 5.74) is 0. The Morgan fingerprint density at radius 3 is 2.17 bits per heavy atom. The molecule has 0 fully saturated rings. The van der Waals surface area contributed by atoms with Crippen LogP contribution in [0.5, 0.6) is 0 Å². The van der Waals surface area contributed by atoms with Gasteiger partial charge in [0.25, 0.3) is 0 Å². The molecule has 0 aromatic heterocycles. The fraction of sp³-hybridized carbons (Fsp3) is 0.500. The van der Waals surface area contributed by atoms with Gasteiger partial charge in [0, 0.05) is 0 Å². The van der Waals surface area contributed by atoms with Gasteiger partial charge in [-0.1, -0.05) is 30.3 Å². The molecular weight excluding hydrogens is 352 g/mol. The minimum absolute atomic E-state index is 0.0677. The van der Waals surface area contributed by atoms with Gasteiger partial charge < -0.3 is 0 Å². The van der Waals surface area contributed by atoms with Gasteiger partial charge in [-0.2, -0.15) is 0 Å². The monoisotopic (exact) mass is 369 g/mol. The van der Waals surface area contributed by atoms with E-state index in [1.54, 1.807) is 6.92 Å². The molecule has 0 heterocycles. The third-order valence-corrected chi connectivity index (χ3v) is 5.67. The predicted molar refractivity (Wildman–Crippen MR) is 63.4 cm³/mol. The summed E-state index contributed by atoms with van der Waals surface area (Å²) >= 11 is -3.05. The molecule has 0 amide bonds. The molecule has 1 radical (unpaired) electrons. The first-order chi connectivity index (χ1) is 8.45. The van der Waals surface area contributed by atoms with Gasteiger partial charge in [0.05, 0.1) is 0 Å². The first-order valence-electron chi connectivity index (χ1n) is 5.59. The van der Waals surface area contributed by atoms with Crippen molar-refractivity contribution in [3.05, 3.63) is 36.4 Å². The second kappa shape index (κ2) is 10.5. The maximum atomic E-state index is 11.6. The molecular formula is C12H16F3O2Sn. The van der Waals surface area contributed by atoms with E-state index in [0.29, 0.717) is 6.61 Å². The van der Waals surface area contributed by atoms with E-state index in [1.807, 2.05) is 30.3 Å². The summed E-state index contributed by atoms with van der Waals surface area (Å²) in [5.74, 6) is 0. The standard InChI is InChI=1S/C6H5.C4H6F3.C2H5O.O.Sn/c1-2-4-6-5-3-1;1-2-3-4(5,6)7;1-2-3;;/h1-5H;1-3H2;2H2,1H3;;/q;;-1;;+1. The molecule has 0 bridgehead atoms. The Hall–Kier alpha value is -0.431. The Balaban J connectivity index is 0.000000397. The Kier molecular flexibility index (Phi) is 10.2. The molecule has 0 unspecified atom stereocenters. The molecule has 1 aromatic carbocycles. The molecule has 0 atom stereocenters. The van der Waals surface area contributed by atoms with Gasteiger partial charge in [0.1, 0.15) is 0 Å². The Labute approximate surface area is 113 Å². The SMILES string of the molecule is CC[O][Sn](=[O])[CH2]CCC(F)(F)F.[c]1ccccc1. The van der Waals surface area contributed by atoms with Gasteiger partial charge >= 0.3 is 76.5 Å². The number of hydrogen-bond donors (Lipinski definition) is 0. The van der Waals surface area contributed by atoms with Crippen LogP contribution >= 0.6 is 0 Å². The van der Waals surface area contributed by atoms with Crippen molar-refractivity contribution < 1.29 is 19.3 Å². The molecule has 2 nitrogen and oxygen atoms in total. The summed E-state index contributed by atoms with van der Waals surface area (Å²) in [7, 11) is 0. The van der Waals surface area contributed by atoms with Crippen molar-refractivity contribution in [1.82, 2.24) is 0 Å². The van der Waals surface area contributed by atoms with Gasteiger partial charge in [0.15, 0.2) is 0 Å². The van der Waals surface area contributed by atoms with Crippen LogP contribution in [0.25, 0.3) is 0 Å². The topological polar surface area (TPSA) is 26.3 Å². The van der Waals surface area contributed by atoms with E-state index in [9.17, 15) is 16.2 Å². The number of alkyl halides is 3. The molecule has 0 spiro atoms. The van der Waals surface area contributed by atoms with E-state index in [0.717, 1.165) is 0 Å². The normalized spacial score (nSPS) is 10.4. The second-order valence-corrected chi connectivity index (χ2v) is 7.73. The molecule has 6 heteroatoms. The smallest absolute Gasteiger partial charge is 0.0184 e. The summed E-state index contributed by atoms with van der Waals surface area (Å²) in [6, 6.07) is 12.5. The van der Waals surface area contributed by atoms with Gasteiger partial charge in [-0.25, -0.2) is 0 Å². The van der Waals surface area contributed by atoms with Crippen LogP contribution < -0.4 is 0 Å². The van der Waals surface area contributed by atoms with Crippen LogP contribution in [0.3, 0.4) is 0 Å². The maximum Gasteiger partial charge on any atom is -0.0184 e. The summed E-state index contributed by atoms with van der Waals surface area (Å²) in [6.45, 7) is 2.02. The number of rotatable bonds is 5. The van der Waals surface area contributed by atoms with E-state index in [-0.39, 0.29) is 10.9 Å². The summed E-state index contributed by atoms with van der Waals surface area (Å²) in [4.78, 5) is 0. The fourth-order valence-corrected chi connectivity index (χ4v) is 3.67. The minimum atomic E-state index is -4.13. The van der Waals surface area contributed by atoms with Crippen LogP contribution in [0.15, 0.2) is 30.3 Å². The molecule has 0 aliphatic rings. The van der Waals surface area contributed by atoms with Crippen molar-refractivity contribution in [2.24, 2.45) is 0 Å². The van der Waals surface area contributed by atoms with Gasteiger partial charge in [-0.3, -0.25) is 0 Å². The van der Waals surface area contributed by atoms with Crippen molar-refractivity contribution in [3.63, 3.8) is 0 Å². The number of benzene rings is 1. The van der Waals surface area contributed by atoms with E-state index < -0.39 is 32.8 Å². The van der Waals surface area contributed by atoms with Crippen molar-refractivity contribution in [1.29, 1.82) is 0 Å². The third-order valence-electron chi connectivity index (χ3n) is 1.75. The van der Waals surface area contributed by atoms with Crippen molar-refractivity contribution in [3.8, 4) is 0 Å². The first kappa shape index (κ1) is 17.6. The van der Waals surface area contributed by atoms with Gasteiger partial charge in [0.2, 0.25) is 0 Å². The van der Waals surface area contributed by atoms with E-state index in [4.69, 9.17) is 3.07 Å². The molecule has 18 heavy (non-hydrogen) atoms. The van der Waals surface area contributed by atoms with E-state index >= 15 is 0 Å². The molecule has 1 aromatic rings. The number of hydrogen-bond acceptors (Lipinski definition) is 2. The van der Waals surface area contributed by atoms with Crippen molar-refractivity contribution >= 4 is 20.2 Å². The molecule has 0 aliphatic carbocycles. The molecule has 101 valence electrons. The quantitative estimate of drug-likeness (QED) is 0.740. The fourth-order valence-electron chi connectivity index (χ4n) is 1.01. The zero-order valence-corrected chi connectivity index (χ0v) is 13.0. The summed E-state index contributed by atoms with van der Waals surface area (Å²) in [6.07, 6.45) is -5.05. The van der Waals surface area contributed by atoms with Crippen LogP contribution in [0.2, 0.25) is 4.44 Å². The third kappa shape index (κ3) is 13.6. The van der Waals surface area contributed by atoms with Crippen LogP contribution in [0.4, 0.5) is 13.2 Å². The van der Waals surface area contributed by atoms with E-state index in [1.165, 1.54) is 0 Å². The van der Waals surface area contributed by atoms with Crippen LogP contribution in [-0.4, -0.2) is 32.9 Å². The Morgan fingerprint density at radius 2 is 1.83 bits per heavy atom. The maximum absolute atomic E-state index is 11.6. The minimum Gasteiger partial charge on any atom is -0.0622 e. The number of halogens is 3. The summed E-state index contributed by atoms with van der Waals surface area (Å²) in [5, 5.41) is 0. The first-order valence-corrected chi connectivity index (χ1v) is 9.94. The Morgan fingerprint density at radius 1 is 1.22 bits per heavy atom. The molecule has 0 N–H and O–H groups in total.